The van der Waals surface area contributed by atoms with Gasteiger partial charge in [-0.05, 0) is 60.7 Å². The van der Waals surface area contributed by atoms with Crippen LogP contribution in [0.25, 0.3) is 21.5 Å². The monoisotopic (exact) mass is 900 g/mol. The van der Waals surface area contributed by atoms with Crippen LogP contribution in [-0.2, 0) is 39.7 Å². The van der Waals surface area contributed by atoms with Gasteiger partial charge in [-0.2, -0.15) is 45.7 Å². The van der Waals surface area contributed by atoms with E-state index in [0.29, 0.717) is 16.9 Å². The van der Waals surface area contributed by atoms with Gasteiger partial charge in [0.05, 0.1) is 60.4 Å². The fourth-order valence-electron chi connectivity index (χ4n) is 5.71. The van der Waals surface area contributed by atoms with Crippen LogP contribution in [0.1, 0.15) is 0 Å². The third-order valence-corrected chi connectivity index (χ3v) is 11.6. The summed E-state index contributed by atoms with van der Waals surface area (Å²) in [5.41, 5.74) is 0.555. The molecule has 0 atom stereocenters. The molecule has 0 aliphatic heterocycles. The molecule has 6 N–H and O–H groups in total. The lowest BCUT2D eigenvalue weighted by molar-refractivity contribution is -0.432. The number of azo groups is 2. The van der Waals surface area contributed by atoms with Gasteiger partial charge in [-0.3, -0.25) is 13.7 Å². The van der Waals surface area contributed by atoms with Crippen molar-refractivity contribution in [3.8, 4) is 11.5 Å². The SMILES string of the molecule is COc1cc(N=Nc2cc(S(=O)(=O)O)c3cccc(SOOO)c3c2)ccc1NC(=O)Nc1ccc(N=Nc2cc(S(=O)(=O)O)c3cccc(S(=O)(=O)O)c3c2)cc1OC. The van der Waals surface area contributed by atoms with Crippen molar-refractivity contribution in [3.05, 3.63) is 97.1 Å². The second kappa shape index (κ2) is 17.6. The molecule has 0 aliphatic rings. The minimum absolute atomic E-state index is 0.0179. The van der Waals surface area contributed by atoms with Crippen molar-refractivity contribution in [1.82, 2.24) is 0 Å². The maximum absolute atomic E-state index is 13.1. The first kappa shape index (κ1) is 43.4. The van der Waals surface area contributed by atoms with E-state index < -0.39 is 51.1 Å². The highest BCUT2D eigenvalue weighted by Gasteiger charge is 2.22. The average molecular weight is 901 g/mol. The zero-order valence-corrected chi connectivity index (χ0v) is 33.7. The number of hydrogen-bond donors (Lipinski definition) is 6. The molecule has 0 unspecified atom stereocenters. The molecule has 0 heterocycles. The Hall–Kier alpha value is -6.13. The van der Waals surface area contributed by atoms with Crippen LogP contribution in [0.2, 0.25) is 0 Å². The smallest absolute Gasteiger partial charge is 0.323 e. The van der Waals surface area contributed by atoms with Gasteiger partial charge in [0.15, 0.2) is 0 Å². The maximum atomic E-state index is 13.1. The van der Waals surface area contributed by atoms with Crippen molar-refractivity contribution in [2.45, 2.75) is 19.6 Å². The number of benzene rings is 6. The molecule has 6 rings (SSSR count). The summed E-state index contributed by atoms with van der Waals surface area (Å²) in [5, 5.41) is 33.7. The second-order valence-corrected chi connectivity index (χ2v) is 16.9. The van der Waals surface area contributed by atoms with E-state index in [4.69, 9.17) is 14.7 Å². The zero-order chi connectivity index (χ0) is 43.4. The minimum Gasteiger partial charge on any atom is -0.494 e. The van der Waals surface area contributed by atoms with E-state index in [1.54, 1.807) is 6.07 Å². The highest BCUT2D eigenvalue weighted by Crippen LogP contribution is 2.38. The summed E-state index contributed by atoms with van der Waals surface area (Å²) in [6, 6.07) is 20.5. The Kier molecular flexibility index (Phi) is 12.8. The van der Waals surface area contributed by atoms with E-state index in [9.17, 15) is 43.7 Å². The number of methoxy groups -OCH3 is 2. The number of ether oxygens (including phenoxy) is 2. The van der Waals surface area contributed by atoms with E-state index in [0.717, 1.165) is 24.3 Å². The van der Waals surface area contributed by atoms with E-state index in [-0.39, 0.29) is 67.2 Å². The van der Waals surface area contributed by atoms with E-state index in [1.807, 2.05) is 0 Å². The number of nitrogens with one attached hydrogen (secondary N) is 2. The fourth-order valence-corrected chi connectivity index (χ4v) is 8.35. The number of amides is 2. The first-order valence-electron chi connectivity index (χ1n) is 16.4. The van der Waals surface area contributed by atoms with E-state index in [2.05, 4.69) is 40.5 Å². The third kappa shape index (κ3) is 10.00. The van der Waals surface area contributed by atoms with Crippen molar-refractivity contribution < 1.29 is 67.8 Å². The number of rotatable bonds is 14. The van der Waals surface area contributed by atoms with Crippen LogP contribution in [-0.4, -0.2) is 64.4 Å². The van der Waals surface area contributed by atoms with Crippen molar-refractivity contribution in [2.24, 2.45) is 20.5 Å². The Morgan fingerprint density at radius 1 is 0.550 bits per heavy atom. The standard InChI is InChI=1S/C35H28N6O15S4/c1-53-29-15-19(38-40-21-13-25-23(33(17-21)59(47,48)49)5-3-7-31(25)57-56-55-43)9-11-27(29)36-35(42)37-28-12-10-20(16-30(28)54-2)39-41-22-14-26-24(34(18-22)60(50,51)52)6-4-8-32(26)58(44,45)46/h3-18,43H,1-2H3,(H2,36,37,42)(H,44,45,46)(H,47,48,49)(H,50,51,52). The van der Waals surface area contributed by atoms with Crippen LogP contribution in [0, 0.1) is 0 Å². The Labute approximate surface area is 344 Å². The summed E-state index contributed by atoms with van der Waals surface area (Å²) < 4.78 is 117. The number of anilines is 2. The second-order valence-electron chi connectivity index (χ2n) is 12.0. The summed E-state index contributed by atoms with van der Waals surface area (Å²) in [4.78, 5) is 11.7. The molecule has 6 aromatic rings. The Morgan fingerprint density at radius 3 is 1.47 bits per heavy atom. The molecule has 60 heavy (non-hydrogen) atoms. The Bertz CT molecular complexity index is 3080. The molecular weight excluding hydrogens is 873 g/mol. The molecule has 0 fully saturated rings. The summed E-state index contributed by atoms with van der Waals surface area (Å²) in [5.74, 6) is 0.261. The van der Waals surface area contributed by atoms with Crippen molar-refractivity contribution >= 4 is 104 Å². The predicted molar refractivity (Wildman–Crippen MR) is 215 cm³/mol. The van der Waals surface area contributed by atoms with E-state index >= 15 is 0 Å². The Morgan fingerprint density at radius 2 is 1.00 bits per heavy atom. The van der Waals surface area contributed by atoms with Crippen molar-refractivity contribution in [1.29, 1.82) is 0 Å². The number of nitrogens with zero attached hydrogens (tertiary/aromatic N) is 4. The molecule has 0 saturated heterocycles. The van der Waals surface area contributed by atoms with Gasteiger partial charge in [0.2, 0.25) is 0 Å². The van der Waals surface area contributed by atoms with Crippen LogP contribution >= 0.6 is 12.0 Å². The topological polar surface area (TPSA) is 311 Å². The first-order chi connectivity index (χ1) is 28.4. The summed E-state index contributed by atoms with van der Waals surface area (Å²) in [6.45, 7) is 0. The summed E-state index contributed by atoms with van der Waals surface area (Å²) in [6.07, 6.45) is 0. The maximum Gasteiger partial charge on any atom is 0.323 e. The van der Waals surface area contributed by atoms with Gasteiger partial charge in [0.1, 0.15) is 26.2 Å². The third-order valence-electron chi connectivity index (χ3n) is 8.22. The van der Waals surface area contributed by atoms with Gasteiger partial charge in [-0.1, -0.05) is 29.3 Å². The van der Waals surface area contributed by atoms with Crippen LogP contribution in [0.3, 0.4) is 0 Å². The summed E-state index contributed by atoms with van der Waals surface area (Å²) >= 11 is 0.575. The number of carbonyl (C=O) groups is 1. The van der Waals surface area contributed by atoms with Crippen LogP contribution < -0.4 is 20.1 Å². The van der Waals surface area contributed by atoms with E-state index in [1.165, 1.54) is 80.9 Å². The molecule has 0 bridgehead atoms. The molecular formula is C35H28N6O15S4. The number of hydrogen-bond acceptors (Lipinski definition) is 17. The largest absolute Gasteiger partial charge is 0.494 e. The average Bonchev–Trinajstić information content (AvgIpc) is 3.20. The molecule has 25 heteroatoms. The van der Waals surface area contributed by atoms with Crippen LogP contribution in [0.5, 0.6) is 11.5 Å². The number of carbonyl (C=O) groups excluding carboxylic acids is 1. The highest BCUT2D eigenvalue weighted by molar-refractivity contribution is 7.94. The molecule has 21 nitrogen and oxygen atoms in total. The summed E-state index contributed by atoms with van der Waals surface area (Å²) in [7, 11) is -11.8. The lowest BCUT2D eigenvalue weighted by Gasteiger charge is -2.13. The lowest BCUT2D eigenvalue weighted by atomic mass is 10.1. The van der Waals surface area contributed by atoms with Crippen molar-refractivity contribution in [2.75, 3.05) is 24.9 Å². The van der Waals surface area contributed by atoms with Gasteiger partial charge in [-0.15, -0.1) is 4.33 Å². The van der Waals surface area contributed by atoms with Gasteiger partial charge in [-0.25, -0.2) is 10.1 Å². The van der Waals surface area contributed by atoms with Gasteiger partial charge >= 0.3 is 6.03 Å². The molecule has 312 valence electrons. The minimum atomic E-state index is -4.88. The fraction of sp³-hybridized carbons (Fsp3) is 0.0571. The molecule has 0 aliphatic carbocycles. The molecule has 0 aromatic heterocycles. The number of urea groups is 1. The quantitative estimate of drug-likeness (QED) is 0.0196. The highest BCUT2D eigenvalue weighted by atomic mass is 32.2. The van der Waals surface area contributed by atoms with Gasteiger partial charge in [0, 0.05) is 38.6 Å². The number of fused-ring (bicyclic) bond motifs is 2. The predicted octanol–water partition coefficient (Wildman–Crippen LogP) is 8.65. The molecule has 6 aromatic carbocycles. The zero-order valence-electron chi connectivity index (χ0n) is 30.4. The molecule has 0 saturated carbocycles. The Balaban J connectivity index is 1.20. The normalized spacial score (nSPS) is 12.4. The molecule has 0 spiro atoms. The van der Waals surface area contributed by atoms with Gasteiger partial charge < -0.3 is 20.1 Å². The van der Waals surface area contributed by atoms with Gasteiger partial charge in [0.25, 0.3) is 30.4 Å². The molecule has 2 amide bonds. The van der Waals surface area contributed by atoms with Crippen molar-refractivity contribution in [3.63, 3.8) is 0 Å². The molecule has 0 radical (unpaired) electrons. The van der Waals surface area contributed by atoms with Crippen LogP contribution in [0.15, 0.2) is 137 Å². The first-order valence-corrected chi connectivity index (χ1v) is 21.4. The lowest BCUT2D eigenvalue weighted by Crippen LogP contribution is -2.20. The van der Waals surface area contributed by atoms with Crippen LogP contribution in [0.4, 0.5) is 38.9 Å².